The van der Waals surface area contributed by atoms with Gasteiger partial charge in [0.05, 0.1) is 6.61 Å². The van der Waals surface area contributed by atoms with Crippen LogP contribution in [0.4, 0.5) is 0 Å². The van der Waals surface area contributed by atoms with Gasteiger partial charge in [-0.25, -0.2) is 0 Å². The number of ether oxygens (including phenoxy) is 1. The first kappa shape index (κ1) is 16.2. The Kier molecular flexibility index (Phi) is 5.85. The third-order valence-electron chi connectivity index (χ3n) is 4.58. The Morgan fingerprint density at radius 3 is 3.04 bits per heavy atom. The summed E-state index contributed by atoms with van der Waals surface area (Å²) in [7, 11) is 0. The lowest BCUT2D eigenvalue weighted by Crippen LogP contribution is -2.41. The molecule has 3 rings (SSSR count). The number of aromatic nitrogens is 3. The summed E-state index contributed by atoms with van der Waals surface area (Å²) in [4.78, 5) is 7.24. The number of nitrogens with zero attached hydrogens (tertiary/aromatic N) is 5. The molecule has 128 valence electrons. The molecule has 1 atom stereocenters. The molecule has 0 amide bonds. The average molecular weight is 320 g/mol. The molecule has 1 aromatic heterocycles. The van der Waals surface area contributed by atoms with Crippen LogP contribution in [0.25, 0.3) is 0 Å². The lowest BCUT2D eigenvalue weighted by Gasteiger charge is -2.22. The lowest BCUT2D eigenvalue weighted by molar-refractivity contribution is 0.187. The highest BCUT2D eigenvalue weighted by Crippen LogP contribution is 2.13. The van der Waals surface area contributed by atoms with E-state index in [1.165, 1.54) is 12.8 Å². The quantitative estimate of drug-likeness (QED) is 0.623. The van der Waals surface area contributed by atoms with Crippen molar-refractivity contribution in [1.82, 2.24) is 25.0 Å². The molecule has 2 fully saturated rings. The predicted molar refractivity (Wildman–Crippen MR) is 89.4 cm³/mol. The Bertz CT molecular complexity index is 502. The van der Waals surface area contributed by atoms with Crippen LogP contribution in [0.15, 0.2) is 11.3 Å². The normalized spacial score (nSPS) is 22.0. The molecule has 2 saturated heterocycles. The van der Waals surface area contributed by atoms with E-state index in [0.717, 1.165) is 70.6 Å². The van der Waals surface area contributed by atoms with E-state index >= 15 is 0 Å². The second kappa shape index (κ2) is 8.29. The molecule has 0 radical (unpaired) electrons. The number of rotatable bonds is 6. The standard InChI is InChI=1S/C16H28N6O/c1-2-15-20-19-13-22(15)9-6-17-16(21-7-3-4-8-21)18-11-14-5-10-23-12-14/h13-14H,2-12H2,1H3,(H,17,18). The monoisotopic (exact) mass is 320 g/mol. The molecule has 1 unspecified atom stereocenters. The highest BCUT2D eigenvalue weighted by Gasteiger charge is 2.19. The van der Waals surface area contributed by atoms with Crippen LogP contribution in [0.2, 0.25) is 0 Å². The maximum Gasteiger partial charge on any atom is 0.193 e. The molecular weight excluding hydrogens is 292 g/mol. The van der Waals surface area contributed by atoms with E-state index in [-0.39, 0.29) is 0 Å². The molecule has 7 heteroatoms. The van der Waals surface area contributed by atoms with Crippen LogP contribution in [0, 0.1) is 5.92 Å². The minimum Gasteiger partial charge on any atom is -0.381 e. The molecule has 0 aromatic carbocycles. The number of aliphatic imine (C=N–C) groups is 1. The Balaban J connectivity index is 1.53. The SMILES string of the molecule is CCc1nncn1CCNC(=NCC1CCOC1)N1CCCC1. The van der Waals surface area contributed by atoms with Crippen molar-refractivity contribution in [3.63, 3.8) is 0 Å². The second-order valence-corrected chi connectivity index (χ2v) is 6.31. The molecule has 2 aliphatic heterocycles. The molecule has 1 N–H and O–H groups in total. The highest BCUT2D eigenvalue weighted by atomic mass is 16.5. The molecule has 2 aliphatic rings. The van der Waals surface area contributed by atoms with Gasteiger partial charge in [0.1, 0.15) is 12.2 Å². The number of guanidine groups is 1. The number of likely N-dealkylation sites (tertiary alicyclic amines) is 1. The predicted octanol–water partition coefficient (Wildman–Crippen LogP) is 0.918. The summed E-state index contributed by atoms with van der Waals surface area (Å²) in [6, 6.07) is 0. The van der Waals surface area contributed by atoms with Gasteiger partial charge in [0.2, 0.25) is 0 Å². The van der Waals surface area contributed by atoms with E-state index in [1.807, 2.05) is 6.33 Å². The third-order valence-corrected chi connectivity index (χ3v) is 4.58. The van der Waals surface area contributed by atoms with Crippen molar-refractivity contribution in [3.8, 4) is 0 Å². The summed E-state index contributed by atoms with van der Waals surface area (Å²) < 4.78 is 7.56. The fourth-order valence-corrected chi connectivity index (χ4v) is 3.17. The van der Waals surface area contributed by atoms with Crippen LogP contribution >= 0.6 is 0 Å². The van der Waals surface area contributed by atoms with Crippen molar-refractivity contribution in [2.24, 2.45) is 10.9 Å². The van der Waals surface area contributed by atoms with Crippen molar-refractivity contribution in [2.45, 2.75) is 39.2 Å². The summed E-state index contributed by atoms with van der Waals surface area (Å²) in [5.74, 6) is 2.68. The first-order valence-corrected chi connectivity index (χ1v) is 8.84. The minimum absolute atomic E-state index is 0.582. The van der Waals surface area contributed by atoms with E-state index in [4.69, 9.17) is 9.73 Å². The fraction of sp³-hybridized carbons (Fsp3) is 0.812. The van der Waals surface area contributed by atoms with Crippen LogP contribution in [0.5, 0.6) is 0 Å². The van der Waals surface area contributed by atoms with Crippen molar-refractivity contribution in [3.05, 3.63) is 12.2 Å². The first-order chi connectivity index (χ1) is 11.4. The summed E-state index contributed by atoms with van der Waals surface area (Å²) in [6.07, 6.45) is 6.38. The van der Waals surface area contributed by atoms with Crippen LogP contribution in [-0.2, 0) is 17.7 Å². The fourth-order valence-electron chi connectivity index (χ4n) is 3.17. The first-order valence-electron chi connectivity index (χ1n) is 8.84. The van der Waals surface area contributed by atoms with Crippen LogP contribution in [-0.4, -0.2) is 65.0 Å². The van der Waals surface area contributed by atoms with Gasteiger partial charge in [-0.1, -0.05) is 6.92 Å². The van der Waals surface area contributed by atoms with Gasteiger partial charge in [0.25, 0.3) is 0 Å². The maximum absolute atomic E-state index is 5.45. The molecule has 0 saturated carbocycles. The average Bonchev–Trinajstić information content (AvgIpc) is 3.33. The molecule has 7 nitrogen and oxygen atoms in total. The highest BCUT2D eigenvalue weighted by molar-refractivity contribution is 5.80. The van der Waals surface area contributed by atoms with Gasteiger partial charge < -0.3 is 19.5 Å². The Morgan fingerprint density at radius 1 is 1.43 bits per heavy atom. The molecule has 1 aromatic rings. The largest absolute Gasteiger partial charge is 0.381 e. The number of hydrogen-bond donors (Lipinski definition) is 1. The zero-order valence-electron chi connectivity index (χ0n) is 14.1. The summed E-state index contributed by atoms with van der Waals surface area (Å²) >= 11 is 0. The van der Waals surface area contributed by atoms with Gasteiger partial charge >= 0.3 is 0 Å². The van der Waals surface area contributed by atoms with E-state index < -0.39 is 0 Å². The molecule has 0 bridgehead atoms. The zero-order valence-corrected chi connectivity index (χ0v) is 14.1. The van der Waals surface area contributed by atoms with Gasteiger partial charge in [-0.3, -0.25) is 4.99 Å². The number of aryl methyl sites for hydroxylation is 1. The van der Waals surface area contributed by atoms with Gasteiger partial charge in [0.15, 0.2) is 5.96 Å². The van der Waals surface area contributed by atoms with Crippen LogP contribution in [0.1, 0.15) is 32.0 Å². The maximum atomic E-state index is 5.45. The molecule has 0 aliphatic carbocycles. The Labute approximate surface area is 138 Å². The van der Waals surface area contributed by atoms with Gasteiger partial charge in [-0.2, -0.15) is 0 Å². The van der Waals surface area contributed by atoms with Gasteiger partial charge in [-0.15, -0.1) is 10.2 Å². The Hall–Kier alpha value is -1.63. The van der Waals surface area contributed by atoms with Crippen molar-refractivity contribution in [1.29, 1.82) is 0 Å². The van der Waals surface area contributed by atoms with E-state index in [9.17, 15) is 0 Å². The topological polar surface area (TPSA) is 67.6 Å². The van der Waals surface area contributed by atoms with Crippen molar-refractivity contribution >= 4 is 5.96 Å². The molecule has 23 heavy (non-hydrogen) atoms. The van der Waals surface area contributed by atoms with Gasteiger partial charge in [-0.05, 0) is 19.3 Å². The molecular formula is C16H28N6O. The number of nitrogens with one attached hydrogen (secondary N) is 1. The van der Waals surface area contributed by atoms with E-state index in [2.05, 4.69) is 31.9 Å². The Morgan fingerprint density at radius 2 is 2.30 bits per heavy atom. The summed E-state index contributed by atoms with van der Waals surface area (Å²) in [5, 5.41) is 11.7. The molecule has 0 spiro atoms. The van der Waals surface area contributed by atoms with Gasteiger partial charge in [0, 0.05) is 51.7 Å². The van der Waals surface area contributed by atoms with E-state index in [1.54, 1.807) is 0 Å². The smallest absolute Gasteiger partial charge is 0.193 e. The van der Waals surface area contributed by atoms with Crippen LogP contribution in [0.3, 0.4) is 0 Å². The summed E-state index contributed by atoms with van der Waals surface area (Å²) in [6.45, 7) is 8.66. The van der Waals surface area contributed by atoms with Crippen LogP contribution < -0.4 is 5.32 Å². The summed E-state index contributed by atoms with van der Waals surface area (Å²) in [5.41, 5.74) is 0. The lowest BCUT2D eigenvalue weighted by atomic mass is 10.1. The van der Waals surface area contributed by atoms with E-state index in [0.29, 0.717) is 5.92 Å². The zero-order chi connectivity index (χ0) is 15.9. The van der Waals surface area contributed by atoms with Crippen molar-refractivity contribution in [2.75, 3.05) is 39.4 Å². The molecule has 3 heterocycles. The van der Waals surface area contributed by atoms with Crippen molar-refractivity contribution < 1.29 is 4.74 Å². The third kappa shape index (κ3) is 4.43. The minimum atomic E-state index is 0.582. The number of hydrogen-bond acceptors (Lipinski definition) is 4. The second-order valence-electron chi connectivity index (χ2n) is 6.31.